The fourth-order valence-electron chi connectivity index (χ4n) is 1.58. The molecule has 1 atom stereocenters. The van der Waals surface area contributed by atoms with Crippen LogP contribution >= 0.6 is 15.9 Å². The second kappa shape index (κ2) is 7.16. The molecule has 0 aliphatic heterocycles. The summed E-state index contributed by atoms with van der Waals surface area (Å²) >= 11 is 3.31. The van der Waals surface area contributed by atoms with E-state index in [0.29, 0.717) is 6.42 Å². The first-order valence-corrected chi connectivity index (χ1v) is 6.59. The van der Waals surface area contributed by atoms with Gasteiger partial charge in [0.25, 0.3) is 0 Å². The lowest BCUT2D eigenvalue weighted by atomic mass is 10.1. The van der Waals surface area contributed by atoms with E-state index in [1.54, 1.807) is 0 Å². The highest BCUT2D eigenvalue weighted by atomic mass is 79.9. The van der Waals surface area contributed by atoms with Crippen LogP contribution < -0.4 is 5.32 Å². The number of benzene rings is 1. The predicted octanol–water partition coefficient (Wildman–Crippen LogP) is 2.36. The molecule has 1 aromatic rings. The van der Waals surface area contributed by atoms with E-state index in [0.717, 1.165) is 16.5 Å². The van der Waals surface area contributed by atoms with Gasteiger partial charge in [-0.2, -0.15) is 0 Å². The Morgan fingerprint density at radius 1 is 1.33 bits per heavy atom. The second-order valence-electron chi connectivity index (χ2n) is 4.05. The lowest BCUT2D eigenvalue weighted by Crippen LogP contribution is -2.41. The third-order valence-electron chi connectivity index (χ3n) is 2.49. The topological polar surface area (TPSA) is 66.4 Å². The maximum absolute atomic E-state index is 11.7. The third kappa shape index (κ3) is 4.87. The van der Waals surface area contributed by atoms with Crippen molar-refractivity contribution < 1.29 is 14.7 Å². The molecule has 1 aromatic carbocycles. The van der Waals surface area contributed by atoms with Crippen molar-refractivity contribution in [1.82, 2.24) is 5.32 Å². The van der Waals surface area contributed by atoms with Crippen molar-refractivity contribution in [2.45, 2.75) is 32.2 Å². The Hall–Kier alpha value is -1.36. The van der Waals surface area contributed by atoms with E-state index < -0.39 is 12.0 Å². The Kier molecular flexibility index (Phi) is 5.85. The van der Waals surface area contributed by atoms with Crippen LogP contribution in [0.2, 0.25) is 0 Å². The van der Waals surface area contributed by atoms with Crippen molar-refractivity contribution >= 4 is 27.8 Å². The highest BCUT2D eigenvalue weighted by molar-refractivity contribution is 9.10. The summed E-state index contributed by atoms with van der Waals surface area (Å²) in [6.07, 6.45) is 1.36. The summed E-state index contributed by atoms with van der Waals surface area (Å²) in [5.74, 6) is -1.25. The van der Waals surface area contributed by atoms with Crippen LogP contribution in [-0.2, 0) is 16.0 Å². The van der Waals surface area contributed by atoms with E-state index in [2.05, 4.69) is 21.2 Å². The van der Waals surface area contributed by atoms with E-state index in [9.17, 15) is 9.59 Å². The van der Waals surface area contributed by atoms with Crippen molar-refractivity contribution in [3.8, 4) is 0 Å². The number of amides is 1. The van der Waals surface area contributed by atoms with Gasteiger partial charge in [-0.1, -0.05) is 41.4 Å². The molecular weight excluding hydrogens is 298 g/mol. The zero-order chi connectivity index (χ0) is 13.5. The van der Waals surface area contributed by atoms with Gasteiger partial charge in [-0.15, -0.1) is 0 Å². The summed E-state index contributed by atoms with van der Waals surface area (Å²) in [5, 5.41) is 11.5. The maximum atomic E-state index is 11.7. The smallest absolute Gasteiger partial charge is 0.326 e. The molecule has 18 heavy (non-hydrogen) atoms. The fourth-order valence-corrected chi connectivity index (χ4v) is 1.84. The number of nitrogens with one attached hydrogen (secondary N) is 1. The number of aliphatic carboxylic acids is 1. The molecule has 0 radical (unpaired) electrons. The van der Waals surface area contributed by atoms with Gasteiger partial charge in [-0.3, -0.25) is 4.79 Å². The molecule has 0 saturated carbocycles. The molecule has 1 rings (SSSR count). The minimum Gasteiger partial charge on any atom is -0.480 e. The van der Waals surface area contributed by atoms with Crippen LogP contribution in [-0.4, -0.2) is 23.0 Å². The number of carbonyl (C=O) groups is 2. The minimum atomic E-state index is -0.985. The summed E-state index contributed by atoms with van der Waals surface area (Å²) in [6, 6.07) is 6.57. The maximum Gasteiger partial charge on any atom is 0.326 e. The molecule has 98 valence electrons. The van der Waals surface area contributed by atoms with Crippen LogP contribution in [0, 0.1) is 0 Å². The van der Waals surface area contributed by atoms with E-state index in [1.165, 1.54) is 0 Å². The average Bonchev–Trinajstić information content (AvgIpc) is 2.31. The van der Waals surface area contributed by atoms with Gasteiger partial charge in [0.2, 0.25) is 5.91 Å². The molecular formula is C13H16BrNO3. The Morgan fingerprint density at radius 3 is 2.44 bits per heavy atom. The predicted molar refractivity (Wildman–Crippen MR) is 72.3 cm³/mol. The lowest BCUT2D eigenvalue weighted by Gasteiger charge is -2.13. The monoisotopic (exact) mass is 313 g/mol. The van der Waals surface area contributed by atoms with E-state index in [1.807, 2.05) is 31.2 Å². The number of carboxylic acids is 1. The largest absolute Gasteiger partial charge is 0.480 e. The van der Waals surface area contributed by atoms with Crippen LogP contribution in [0.25, 0.3) is 0 Å². The number of halogens is 1. The van der Waals surface area contributed by atoms with E-state index in [4.69, 9.17) is 5.11 Å². The fraction of sp³-hybridized carbons (Fsp3) is 0.385. The highest BCUT2D eigenvalue weighted by Crippen LogP contribution is 2.11. The normalized spacial score (nSPS) is 11.9. The second-order valence-corrected chi connectivity index (χ2v) is 4.97. The summed E-state index contributed by atoms with van der Waals surface area (Å²) in [4.78, 5) is 22.6. The Bertz CT molecular complexity index is 417. The molecule has 1 amide bonds. The molecule has 0 aliphatic rings. The summed E-state index contributed by atoms with van der Waals surface area (Å²) in [6.45, 7) is 1.89. The molecule has 0 aromatic heterocycles. The standard InChI is InChI=1S/C13H16BrNO3/c1-2-3-11(13(17)18)15-12(16)8-9-4-6-10(14)7-5-9/h4-7,11H,2-3,8H2,1H3,(H,15,16)(H,17,18)/t11-/m0/s1. The van der Waals surface area contributed by atoms with E-state index >= 15 is 0 Å². The molecule has 0 spiro atoms. The molecule has 0 fully saturated rings. The van der Waals surface area contributed by atoms with Crippen LogP contribution in [0.15, 0.2) is 28.7 Å². The molecule has 0 bridgehead atoms. The average molecular weight is 314 g/mol. The first kappa shape index (κ1) is 14.7. The number of carbonyl (C=O) groups excluding carboxylic acids is 1. The molecule has 0 heterocycles. The Labute approximate surface area is 115 Å². The van der Waals surface area contributed by atoms with Gasteiger partial charge in [-0.25, -0.2) is 4.79 Å². The number of rotatable bonds is 6. The minimum absolute atomic E-state index is 0.195. The highest BCUT2D eigenvalue weighted by Gasteiger charge is 2.18. The van der Waals surface area contributed by atoms with Crippen molar-refractivity contribution in [1.29, 1.82) is 0 Å². The van der Waals surface area contributed by atoms with Crippen LogP contribution in [0.5, 0.6) is 0 Å². The molecule has 5 heteroatoms. The van der Waals surface area contributed by atoms with Crippen LogP contribution in [0.1, 0.15) is 25.3 Å². The first-order chi connectivity index (χ1) is 8.52. The van der Waals surface area contributed by atoms with Crippen molar-refractivity contribution in [3.05, 3.63) is 34.3 Å². The first-order valence-electron chi connectivity index (χ1n) is 5.79. The number of hydrogen-bond donors (Lipinski definition) is 2. The zero-order valence-corrected chi connectivity index (χ0v) is 11.7. The van der Waals surface area contributed by atoms with Crippen LogP contribution in [0.4, 0.5) is 0 Å². The Morgan fingerprint density at radius 2 is 1.94 bits per heavy atom. The van der Waals surface area contributed by atoms with E-state index in [-0.39, 0.29) is 12.3 Å². The number of hydrogen-bond acceptors (Lipinski definition) is 2. The molecule has 2 N–H and O–H groups in total. The summed E-state index contributed by atoms with van der Waals surface area (Å²) < 4.78 is 0.945. The summed E-state index contributed by atoms with van der Waals surface area (Å²) in [5.41, 5.74) is 0.858. The van der Waals surface area contributed by atoms with Gasteiger partial charge < -0.3 is 10.4 Å². The van der Waals surface area contributed by atoms with Crippen molar-refractivity contribution in [3.63, 3.8) is 0 Å². The lowest BCUT2D eigenvalue weighted by molar-refractivity contribution is -0.141. The quantitative estimate of drug-likeness (QED) is 0.847. The van der Waals surface area contributed by atoms with Crippen LogP contribution in [0.3, 0.4) is 0 Å². The van der Waals surface area contributed by atoms with Crippen molar-refractivity contribution in [2.75, 3.05) is 0 Å². The van der Waals surface area contributed by atoms with Crippen molar-refractivity contribution in [2.24, 2.45) is 0 Å². The Balaban J connectivity index is 2.54. The van der Waals surface area contributed by atoms with Gasteiger partial charge in [0.1, 0.15) is 6.04 Å². The SMILES string of the molecule is CCC[C@H](NC(=O)Cc1ccc(Br)cc1)C(=O)O. The van der Waals surface area contributed by atoms with Gasteiger partial charge in [-0.05, 0) is 24.1 Å². The molecule has 0 unspecified atom stereocenters. The molecule has 0 saturated heterocycles. The molecule has 4 nitrogen and oxygen atoms in total. The summed E-state index contributed by atoms with van der Waals surface area (Å²) in [7, 11) is 0. The van der Waals surface area contributed by atoms with Gasteiger partial charge in [0, 0.05) is 4.47 Å². The van der Waals surface area contributed by atoms with Gasteiger partial charge >= 0.3 is 5.97 Å². The molecule has 0 aliphatic carbocycles. The van der Waals surface area contributed by atoms with Gasteiger partial charge in [0.15, 0.2) is 0 Å². The zero-order valence-electron chi connectivity index (χ0n) is 10.1. The third-order valence-corrected chi connectivity index (χ3v) is 3.02. The van der Waals surface area contributed by atoms with Gasteiger partial charge in [0.05, 0.1) is 6.42 Å². The number of carboxylic acid groups (broad SMARTS) is 1.